The summed E-state index contributed by atoms with van der Waals surface area (Å²) in [4.78, 5) is 31.3. The van der Waals surface area contributed by atoms with E-state index >= 15 is 0 Å². The molecule has 0 aliphatic carbocycles. The molecule has 8 nitrogen and oxygen atoms in total. The molecule has 0 saturated heterocycles. The van der Waals surface area contributed by atoms with Gasteiger partial charge >= 0.3 is 5.97 Å². The summed E-state index contributed by atoms with van der Waals surface area (Å²) in [6, 6.07) is 8.93. The van der Waals surface area contributed by atoms with Crippen molar-refractivity contribution in [3.05, 3.63) is 64.7 Å². The molecule has 29 heavy (non-hydrogen) atoms. The standard InChI is InChI=1S/C20H21N3O5S/c1-12-16(20(25)26-4)9-14(27-12)10-23(3)19(24)15-7-5-6-8-17(15)29-11-18-21-13(2)22-28-18/h5-9H,10-11H2,1-4H3. The Hall–Kier alpha value is -3.07. The van der Waals surface area contributed by atoms with Gasteiger partial charge in [0.1, 0.15) is 17.1 Å². The van der Waals surface area contributed by atoms with Crippen LogP contribution in [0.25, 0.3) is 0 Å². The number of amides is 1. The van der Waals surface area contributed by atoms with Crippen molar-refractivity contribution in [1.82, 2.24) is 15.0 Å². The van der Waals surface area contributed by atoms with Gasteiger partial charge in [-0.25, -0.2) is 4.79 Å². The van der Waals surface area contributed by atoms with Crippen LogP contribution in [0.4, 0.5) is 0 Å². The first-order valence-corrected chi connectivity index (χ1v) is 9.81. The molecular formula is C20H21N3O5S. The summed E-state index contributed by atoms with van der Waals surface area (Å²) in [5.41, 5.74) is 0.918. The first-order valence-electron chi connectivity index (χ1n) is 8.83. The Balaban J connectivity index is 1.72. The van der Waals surface area contributed by atoms with Gasteiger partial charge < -0.3 is 18.6 Å². The highest BCUT2D eigenvalue weighted by Crippen LogP contribution is 2.27. The summed E-state index contributed by atoms with van der Waals surface area (Å²) in [7, 11) is 3.00. The number of esters is 1. The Morgan fingerprint density at radius 3 is 2.66 bits per heavy atom. The molecule has 0 N–H and O–H groups in total. The Kier molecular flexibility index (Phi) is 6.38. The molecule has 0 spiro atoms. The number of nitrogens with zero attached hydrogens (tertiary/aromatic N) is 3. The zero-order valence-electron chi connectivity index (χ0n) is 16.6. The number of methoxy groups -OCH3 is 1. The van der Waals surface area contributed by atoms with Gasteiger partial charge in [-0.3, -0.25) is 4.79 Å². The minimum Gasteiger partial charge on any atom is -0.465 e. The van der Waals surface area contributed by atoms with E-state index in [1.165, 1.54) is 23.8 Å². The van der Waals surface area contributed by atoms with E-state index in [0.29, 0.717) is 40.1 Å². The van der Waals surface area contributed by atoms with Crippen LogP contribution in [0.1, 0.15) is 44.0 Å². The van der Waals surface area contributed by atoms with E-state index in [9.17, 15) is 9.59 Å². The highest BCUT2D eigenvalue weighted by atomic mass is 32.2. The van der Waals surface area contributed by atoms with Crippen molar-refractivity contribution < 1.29 is 23.3 Å². The monoisotopic (exact) mass is 415 g/mol. The predicted octanol–water partition coefficient (Wildman–Crippen LogP) is 3.63. The molecule has 0 bridgehead atoms. The molecule has 0 atom stereocenters. The Morgan fingerprint density at radius 1 is 1.21 bits per heavy atom. The maximum Gasteiger partial charge on any atom is 0.341 e. The predicted molar refractivity (Wildman–Crippen MR) is 106 cm³/mol. The lowest BCUT2D eigenvalue weighted by Crippen LogP contribution is -2.26. The summed E-state index contributed by atoms with van der Waals surface area (Å²) < 4.78 is 15.5. The number of aromatic nitrogens is 2. The van der Waals surface area contributed by atoms with Crippen molar-refractivity contribution in [1.29, 1.82) is 0 Å². The normalized spacial score (nSPS) is 10.8. The molecule has 2 aromatic heterocycles. The second-order valence-corrected chi connectivity index (χ2v) is 7.37. The van der Waals surface area contributed by atoms with Gasteiger partial charge in [-0.1, -0.05) is 17.3 Å². The SMILES string of the molecule is COC(=O)c1cc(CN(C)C(=O)c2ccccc2SCc2nc(C)no2)oc1C. The van der Waals surface area contributed by atoms with Gasteiger partial charge in [0.05, 0.1) is 25.0 Å². The molecule has 0 aliphatic heterocycles. The molecule has 2 heterocycles. The number of carbonyl (C=O) groups excluding carboxylic acids is 2. The van der Waals surface area contributed by atoms with Gasteiger partial charge in [0.2, 0.25) is 5.89 Å². The summed E-state index contributed by atoms with van der Waals surface area (Å²) in [5.74, 6) is 1.88. The van der Waals surface area contributed by atoms with Crippen LogP contribution in [0, 0.1) is 13.8 Å². The minimum atomic E-state index is -0.468. The molecule has 0 radical (unpaired) electrons. The fourth-order valence-corrected chi connectivity index (χ4v) is 3.63. The van der Waals surface area contributed by atoms with E-state index in [4.69, 9.17) is 13.7 Å². The maximum atomic E-state index is 13.0. The highest BCUT2D eigenvalue weighted by molar-refractivity contribution is 7.98. The second-order valence-electron chi connectivity index (χ2n) is 6.36. The number of hydrogen-bond donors (Lipinski definition) is 0. The fraction of sp³-hybridized carbons (Fsp3) is 0.300. The number of carbonyl (C=O) groups is 2. The lowest BCUT2D eigenvalue weighted by atomic mass is 10.2. The average Bonchev–Trinajstić information content (AvgIpc) is 3.30. The van der Waals surface area contributed by atoms with Crippen LogP contribution in [0.2, 0.25) is 0 Å². The number of aryl methyl sites for hydroxylation is 2. The highest BCUT2D eigenvalue weighted by Gasteiger charge is 2.20. The third-order valence-corrected chi connectivity index (χ3v) is 5.21. The Labute approximate surface area is 172 Å². The fourth-order valence-electron chi connectivity index (χ4n) is 2.75. The smallest absolute Gasteiger partial charge is 0.341 e. The summed E-state index contributed by atoms with van der Waals surface area (Å²) in [5, 5.41) is 3.77. The third kappa shape index (κ3) is 4.86. The molecule has 9 heteroatoms. The minimum absolute atomic E-state index is 0.163. The number of ether oxygens (including phenoxy) is 1. The molecule has 3 rings (SSSR count). The van der Waals surface area contributed by atoms with Gasteiger partial charge in [-0.2, -0.15) is 4.98 Å². The average molecular weight is 415 g/mol. The largest absolute Gasteiger partial charge is 0.465 e. The maximum absolute atomic E-state index is 13.0. The van der Waals surface area contributed by atoms with Crippen LogP contribution in [0.15, 0.2) is 44.2 Å². The van der Waals surface area contributed by atoms with Gasteiger partial charge in [-0.05, 0) is 32.0 Å². The van der Waals surface area contributed by atoms with Crippen molar-refractivity contribution in [2.45, 2.75) is 31.0 Å². The van der Waals surface area contributed by atoms with Crippen LogP contribution in [0.3, 0.4) is 0 Å². The van der Waals surface area contributed by atoms with E-state index in [1.54, 1.807) is 33.0 Å². The van der Waals surface area contributed by atoms with Crippen molar-refractivity contribution in [3.8, 4) is 0 Å². The molecule has 3 aromatic rings. The molecule has 1 amide bonds. The van der Waals surface area contributed by atoms with Crippen molar-refractivity contribution >= 4 is 23.6 Å². The van der Waals surface area contributed by atoms with Crippen LogP contribution in [-0.2, 0) is 17.0 Å². The van der Waals surface area contributed by atoms with Gasteiger partial charge in [0.15, 0.2) is 5.82 Å². The molecule has 152 valence electrons. The molecular weight excluding hydrogens is 394 g/mol. The van der Waals surface area contributed by atoms with Crippen molar-refractivity contribution in [2.75, 3.05) is 14.2 Å². The molecule has 0 unspecified atom stereocenters. The topological polar surface area (TPSA) is 98.7 Å². The van der Waals surface area contributed by atoms with Gasteiger partial charge in [0.25, 0.3) is 5.91 Å². The Morgan fingerprint density at radius 2 is 1.97 bits per heavy atom. The van der Waals surface area contributed by atoms with E-state index in [1.807, 2.05) is 18.2 Å². The number of rotatable bonds is 7. The van der Waals surface area contributed by atoms with Crippen LogP contribution in [-0.4, -0.2) is 41.1 Å². The number of furan rings is 1. The Bertz CT molecular complexity index is 1030. The summed E-state index contributed by atoms with van der Waals surface area (Å²) in [6.07, 6.45) is 0. The quantitative estimate of drug-likeness (QED) is 0.426. The first-order chi connectivity index (χ1) is 13.9. The molecule has 1 aromatic carbocycles. The molecule has 0 saturated carbocycles. The van der Waals surface area contributed by atoms with Crippen molar-refractivity contribution in [3.63, 3.8) is 0 Å². The van der Waals surface area contributed by atoms with E-state index in [-0.39, 0.29) is 12.5 Å². The molecule has 0 fully saturated rings. The van der Waals surface area contributed by atoms with Crippen molar-refractivity contribution in [2.24, 2.45) is 0 Å². The number of benzene rings is 1. The zero-order valence-corrected chi connectivity index (χ0v) is 17.4. The van der Waals surface area contributed by atoms with Crippen LogP contribution in [0.5, 0.6) is 0 Å². The zero-order chi connectivity index (χ0) is 21.0. The third-order valence-electron chi connectivity index (χ3n) is 4.15. The molecule has 0 aliphatic rings. The number of thioether (sulfide) groups is 1. The lowest BCUT2D eigenvalue weighted by molar-refractivity contribution is 0.0598. The summed E-state index contributed by atoms with van der Waals surface area (Å²) >= 11 is 1.45. The second kappa shape index (κ2) is 8.95. The van der Waals surface area contributed by atoms with E-state index < -0.39 is 5.97 Å². The van der Waals surface area contributed by atoms with Gasteiger partial charge in [-0.15, -0.1) is 11.8 Å². The number of hydrogen-bond acceptors (Lipinski definition) is 8. The summed E-state index contributed by atoms with van der Waals surface area (Å²) in [6.45, 7) is 3.66. The van der Waals surface area contributed by atoms with E-state index in [2.05, 4.69) is 10.1 Å². The van der Waals surface area contributed by atoms with E-state index in [0.717, 1.165) is 4.90 Å². The van der Waals surface area contributed by atoms with Crippen LogP contribution >= 0.6 is 11.8 Å². The van der Waals surface area contributed by atoms with Crippen LogP contribution < -0.4 is 0 Å². The lowest BCUT2D eigenvalue weighted by Gasteiger charge is -2.17. The first kappa shape index (κ1) is 20.7. The van der Waals surface area contributed by atoms with Gasteiger partial charge in [0, 0.05) is 11.9 Å².